The summed E-state index contributed by atoms with van der Waals surface area (Å²) in [6.45, 7) is 15.4. The first kappa shape index (κ1) is 48.1. The maximum absolute atomic E-state index is 13.6. The van der Waals surface area contributed by atoms with E-state index in [1.54, 1.807) is 33.5 Å². The van der Waals surface area contributed by atoms with Crippen molar-refractivity contribution in [2.24, 2.45) is 29.6 Å². The van der Waals surface area contributed by atoms with Gasteiger partial charge in [-0.15, -0.1) is 0 Å². The fraction of sp³-hybridized carbons (Fsp3) is 0.796. The molecule has 10 heteroatoms. The Labute approximate surface area is 356 Å². The molecule has 2 saturated heterocycles. The van der Waals surface area contributed by atoms with Crippen LogP contribution in [0.5, 0.6) is 5.75 Å². The summed E-state index contributed by atoms with van der Waals surface area (Å²) in [7, 11) is 5.24. The molecule has 1 aliphatic carbocycles. The van der Waals surface area contributed by atoms with Crippen LogP contribution >= 0.6 is 0 Å². The lowest BCUT2D eigenvalue weighted by Gasteiger charge is -2.48. The van der Waals surface area contributed by atoms with Crippen molar-refractivity contribution in [1.82, 2.24) is 4.90 Å². The summed E-state index contributed by atoms with van der Waals surface area (Å²) in [5.74, 6) is -0.137. The molecule has 1 saturated carbocycles. The molecule has 1 aromatic rings. The van der Waals surface area contributed by atoms with Gasteiger partial charge < -0.3 is 38.6 Å². The van der Waals surface area contributed by atoms with E-state index in [9.17, 15) is 14.6 Å². The van der Waals surface area contributed by atoms with Crippen molar-refractivity contribution in [1.29, 1.82) is 0 Å². The van der Waals surface area contributed by atoms with Crippen LogP contribution in [0.4, 0.5) is 4.39 Å². The van der Waals surface area contributed by atoms with Gasteiger partial charge in [-0.05, 0) is 139 Å². The first-order chi connectivity index (χ1) is 28.3. The van der Waals surface area contributed by atoms with Crippen LogP contribution < -0.4 is 4.74 Å². The Morgan fingerprint density at radius 3 is 2.31 bits per heavy atom. The number of allylic oxidation sites excluding steroid dienone is 3. The van der Waals surface area contributed by atoms with Crippen LogP contribution in [0.2, 0.25) is 0 Å². The largest absolute Gasteiger partial charge is 0.488 e. The molecule has 5 rings (SSSR count). The minimum Gasteiger partial charge on any atom is -0.488 e. The molecule has 3 fully saturated rings. The van der Waals surface area contributed by atoms with Crippen LogP contribution in [0, 0.1) is 35.4 Å². The van der Waals surface area contributed by atoms with Gasteiger partial charge in [-0.2, -0.15) is 0 Å². The number of halogens is 1. The van der Waals surface area contributed by atoms with Crippen molar-refractivity contribution >= 4 is 0 Å². The van der Waals surface area contributed by atoms with Gasteiger partial charge in [0, 0.05) is 52.2 Å². The van der Waals surface area contributed by atoms with E-state index in [1.807, 2.05) is 0 Å². The topological polar surface area (TPSA) is 99.1 Å². The van der Waals surface area contributed by atoms with Crippen LogP contribution in [-0.4, -0.2) is 111 Å². The Hall–Kier alpha value is -1.89. The molecule has 2 N–H and O–H groups in total. The number of aliphatic hydroxyl groups excluding tert-OH is 1. The third-order valence-electron chi connectivity index (χ3n) is 14.4. The van der Waals surface area contributed by atoms with E-state index in [1.165, 1.54) is 17.7 Å². The van der Waals surface area contributed by atoms with Crippen molar-refractivity contribution in [2.75, 3.05) is 41.0 Å². The SMILES string of the molecule is CCC1C=C(C)CC(C)CC(OC)C2OC(O)(CCN3CCCCC3COC(C(C)=CC3CCC(Oc4ccc(F)cc4)C(OC)C3)C(C)C(O)CC1)C(C)CC2OC. The van der Waals surface area contributed by atoms with Gasteiger partial charge in [-0.1, -0.05) is 51.8 Å². The van der Waals surface area contributed by atoms with Crippen LogP contribution in [0.3, 0.4) is 0 Å². The van der Waals surface area contributed by atoms with Gasteiger partial charge in [0.25, 0.3) is 0 Å². The number of fused-ring (bicyclic) bond motifs is 3. The second-order valence-corrected chi connectivity index (χ2v) is 18.9. The highest BCUT2D eigenvalue weighted by molar-refractivity contribution is 5.23. The Bertz CT molecular complexity index is 1460. The molecule has 2 bridgehead atoms. The van der Waals surface area contributed by atoms with Gasteiger partial charge in [0.15, 0.2) is 5.79 Å². The minimum absolute atomic E-state index is 0.0992. The standard InChI is InChI=1S/C49H80FNO8/c1-10-37-14-20-42(52)36(6)47(34(4)28-38-15-21-43(44(30-38)54-7)58-41-18-16-39(50)17-19-41)57-31-40-13-11-12-23-51(40)24-22-49(53)35(5)29-46(56-9)48(59-49)45(55-8)27-33(3)25-32(2)26-37/h16-19,26,28,33,35-38,40,42-48,52-53H,10-15,20-25,27,29-31H2,1-9H3. The third kappa shape index (κ3) is 13.3. The highest BCUT2D eigenvalue weighted by Gasteiger charge is 2.49. The Kier molecular flexibility index (Phi) is 18.8. The fourth-order valence-electron chi connectivity index (χ4n) is 10.6. The summed E-state index contributed by atoms with van der Waals surface area (Å²) in [5, 5.41) is 24.1. The number of ether oxygens (including phenoxy) is 6. The average Bonchev–Trinajstić information content (AvgIpc) is 3.22. The second kappa shape index (κ2) is 23.0. The number of aliphatic hydroxyl groups is 2. The highest BCUT2D eigenvalue weighted by atomic mass is 19.1. The van der Waals surface area contributed by atoms with Crippen molar-refractivity contribution < 1.29 is 43.0 Å². The number of rotatable bonds is 8. The van der Waals surface area contributed by atoms with Gasteiger partial charge in [0.05, 0.1) is 37.1 Å². The Morgan fingerprint density at radius 1 is 0.898 bits per heavy atom. The van der Waals surface area contributed by atoms with E-state index in [0.717, 1.165) is 76.3 Å². The van der Waals surface area contributed by atoms with E-state index in [0.29, 0.717) is 50.0 Å². The van der Waals surface area contributed by atoms with Crippen LogP contribution in [-0.2, 0) is 23.7 Å². The minimum atomic E-state index is -1.30. The molecule has 9 nitrogen and oxygen atoms in total. The van der Waals surface area contributed by atoms with Crippen molar-refractivity contribution in [3.05, 3.63) is 53.4 Å². The van der Waals surface area contributed by atoms with Crippen LogP contribution in [0.25, 0.3) is 0 Å². The summed E-state index contributed by atoms with van der Waals surface area (Å²) in [5.41, 5.74) is 2.51. The molecule has 0 radical (unpaired) electrons. The number of hydrogen-bond donors (Lipinski definition) is 2. The average molecular weight is 830 g/mol. The summed E-state index contributed by atoms with van der Waals surface area (Å²) in [6.07, 6.45) is 14.5. The molecule has 0 amide bonds. The summed E-state index contributed by atoms with van der Waals surface area (Å²) in [6, 6.07) is 6.40. The monoisotopic (exact) mass is 830 g/mol. The normalized spacial score (nSPS) is 39.4. The zero-order valence-electron chi connectivity index (χ0n) is 38.0. The highest BCUT2D eigenvalue weighted by Crippen LogP contribution is 2.40. The van der Waals surface area contributed by atoms with Gasteiger partial charge >= 0.3 is 0 Å². The lowest BCUT2D eigenvalue weighted by molar-refractivity contribution is -0.324. The maximum Gasteiger partial charge on any atom is 0.169 e. The molecular weight excluding hydrogens is 750 g/mol. The first-order valence-corrected chi connectivity index (χ1v) is 23.1. The lowest BCUT2D eigenvalue weighted by atomic mass is 9.81. The Morgan fingerprint density at radius 2 is 1.61 bits per heavy atom. The van der Waals surface area contributed by atoms with Gasteiger partial charge in [0.2, 0.25) is 0 Å². The number of nitrogens with zero attached hydrogens (tertiary/aromatic N) is 1. The maximum atomic E-state index is 13.6. The lowest BCUT2D eigenvalue weighted by Crippen LogP contribution is -2.58. The zero-order chi connectivity index (χ0) is 42.7. The molecule has 0 aromatic heterocycles. The van der Waals surface area contributed by atoms with Gasteiger partial charge in [-0.3, -0.25) is 4.90 Å². The quantitative estimate of drug-likeness (QED) is 0.249. The van der Waals surface area contributed by atoms with E-state index in [-0.39, 0.29) is 66.2 Å². The fourth-order valence-corrected chi connectivity index (χ4v) is 10.6. The molecule has 1 aromatic carbocycles. The van der Waals surface area contributed by atoms with Crippen molar-refractivity contribution in [3.63, 3.8) is 0 Å². The van der Waals surface area contributed by atoms with E-state index < -0.39 is 11.9 Å². The predicted molar refractivity (Wildman–Crippen MR) is 232 cm³/mol. The number of benzene rings is 1. The smallest absolute Gasteiger partial charge is 0.169 e. The number of methoxy groups -OCH3 is 3. The molecule has 14 unspecified atom stereocenters. The molecule has 3 heterocycles. The Balaban J connectivity index is 1.38. The molecular formula is C49H80FNO8. The number of hydrogen-bond acceptors (Lipinski definition) is 9. The van der Waals surface area contributed by atoms with Crippen LogP contribution in [0.15, 0.2) is 47.6 Å². The van der Waals surface area contributed by atoms with Gasteiger partial charge in [-0.25, -0.2) is 4.39 Å². The first-order valence-electron chi connectivity index (χ1n) is 23.1. The third-order valence-corrected chi connectivity index (χ3v) is 14.4. The molecule has 0 spiro atoms. The van der Waals surface area contributed by atoms with Crippen molar-refractivity contribution in [2.45, 2.75) is 180 Å². The van der Waals surface area contributed by atoms with Crippen molar-refractivity contribution in [3.8, 4) is 5.75 Å². The van der Waals surface area contributed by atoms with E-state index in [2.05, 4.69) is 58.6 Å². The molecule has 3 aliphatic heterocycles. The molecule has 4 aliphatic rings. The summed E-state index contributed by atoms with van der Waals surface area (Å²) in [4.78, 5) is 2.50. The van der Waals surface area contributed by atoms with E-state index in [4.69, 9.17) is 28.4 Å². The second-order valence-electron chi connectivity index (χ2n) is 18.9. The van der Waals surface area contributed by atoms with E-state index >= 15 is 0 Å². The number of piperidine rings is 1. The molecule has 14 atom stereocenters. The zero-order valence-corrected chi connectivity index (χ0v) is 38.0. The predicted octanol–water partition coefficient (Wildman–Crippen LogP) is 9.29. The molecule has 336 valence electrons. The summed E-state index contributed by atoms with van der Waals surface area (Å²) < 4.78 is 51.7. The molecule has 59 heavy (non-hydrogen) atoms. The summed E-state index contributed by atoms with van der Waals surface area (Å²) >= 11 is 0. The van der Waals surface area contributed by atoms with Gasteiger partial charge in [0.1, 0.15) is 23.8 Å². The van der Waals surface area contributed by atoms with Crippen LogP contribution in [0.1, 0.15) is 125 Å².